The summed E-state index contributed by atoms with van der Waals surface area (Å²) >= 11 is 0. The topological polar surface area (TPSA) is 0 Å². The SMILES string of the molecule is C1=CCC2CCc3ccccc3C2=C1. The average Bonchev–Trinajstić information content (AvgIpc) is 2.29. The molecule has 2 aliphatic rings. The second-order valence-corrected chi connectivity index (χ2v) is 4.18. The fraction of sp³-hybridized carbons (Fsp3) is 0.286. The van der Waals surface area contributed by atoms with Crippen LogP contribution in [0.1, 0.15) is 24.0 Å². The Hall–Kier alpha value is -1.30. The first-order valence-electron chi connectivity index (χ1n) is 5.40. The van der Waals surface area contributed by atoms with Crippen LogP contribution in [0.2, 0.25) is 0 Å². The Bertz CT molecular complexity index is 410. The lowest BCUT2D eigenvalue weighted by atomic mass is 9.76. The molecule has 0 aliphatic heterocycles. The fourth-order valence-electron chi connectivity index (χ4n) is 2.61. The highest BCUT2D eigenvalue weighted by Crippen LogP contribution is 2.38. The van der Waals surface area contributed by atoms with Gasteiger partial charge in [0.2, 0.25) is 0 Å². The van der Waals surface area contributed by atoms with E-state index in [4.69, 9.17) is 0 Å². The molecule has 0 saturated heterocycles. The second kappa shape index (κ2) is 3.13. The average molecular weight is 182 g/mol. The van der Waals surface area contributed by atoms with E-state index < -0.39 is 0 Å². The largest absolute Gasteiger partial charge is 0.0839 e. The predicted molar refractivity (Wildman–Crippen MR) is 60.0 cm³/mol. The minimum absolute atomic E-state index is 0.787. The van der Waals surface area contributed by atoms with Crippen molar-refractivity contribution < 1.29 is 0 Å². The maximum atomic E-state index is 2.30. The highest BCUT2D eigenvalue weighted by atomic mass is 14.3. The summed E-state index contributed by atoms with van der Waals surface area (Å²) in [5.41, 5.74) is 4.59. The maximum Gasteiger partial charge on any atom is -0.0118 e. The quantitative estimate of drug-likeness (QED) is 0.575. The molecule has 1 aromatic carbocycles. The van der Waals surface area contributed by atoms with E-state index in [1.165, 1.54) is 30.4 Å². The Labute approximate surface area is 85.0 Å². The Morgan fingerprint density at radius 3 is 3.07 bits per heavy atom. The van der Waals surface area contributed by atoms with E-state index in [1.807, 2.05) is 0 Å². The van der Waals surface area contributed by atoms with Crippen LogP contribution < -0.4 is 0 Å². The molecule has 0 radical (unpaired) electrons. The first-order chi connectivity index (χ1) is 6.95. The number of benzene rings is 1. The monoisotopic (exact) mass is 182 g/mol. The first-order valence-corrected chi connectivity index (χ1v) is 5.40. The Kier molecular flexibility index (Phi) is 1.80. The summed E-state index contributed by atoms with van der Waals surface area (Å²) in [4.78, 5) is 0. The third-order valence-electron chi connectivity index (χ3n) is 3.36. The summed E-state index contributed by atoms with van der Waals surface area (Å²) in [5.74, 6) is 0.787. The van der Waals surface area contributed by atoms with Gasteiger partial charge in [-0.25, -0.2) is 0 Å². The molecule has 0 heterocycles. The van der Waals surface area contributed by atoms with E-state index in [1.54, 1.807) is 5.57 Å². The van der Waals surface area contributed by atoms with Gasteiger partial charge in [0, 0.05) is 0 Å². The lowest BCUT2D eigenvalue weighted by Gasteiger charge is -2.28. The third-order valence-corrected chi connectivity index (χ3v) is 3.36. The zero-order valence-corrected chi connectivity index (χ0v) is 8.24. The van der Waals surface area contributed by atoms with Crippen molar-refractivity contribution in [2.45, 2.75) is 19.3 Å². The Morgan fingerprint density at radius 1 is 1.14 bits per heavy atom. The number of rotatable bonds is 0. The summed E-state index contributed by atoms with van der Waals surface area (Å²) in [6, 6.07) is 8.84. The van der Waals surface area contributed by atoms with Crippen LogP contribution >= 0.6 is 0 Å². The molecule has 14 heavy (non-hydrogen) atoms. The molecule has 0 nitrogen and oxygen atoms in total. The normalized spacial score (nSPS) is 23.7. The fourth-order valence-corrected chi connectivity index (χ4v) is 2.61. The van der Waals surface area contributed by atoms with Crippen LogP contribution in [0.4, 0.5) is 0 Å². The van der Waals surface area contributed by atoms with E-state index in [9.17, 15) is 0 Å². The minimum atomic E-state index is 0.787. The molecule has 2 aliphatic carbocycles. The molecule has 0 aromatic heterocycles. The van der Waals surface area contributed by atoms with E-state index >= 15 is 0 Å². The van der Waals surface area contributed by atoms with Crippen molar-refractivity contribution in [3.8, 4) is 0 Å². The molecule has 3 rings (SSSR count). The van der Waals surface area contributed by atoms with Crippen molar-refractivity contribution in [1.29, 1.82) is 0 Å². The van der Waals surface area contributed by atoms with Crippen molar-refractivity contribution in [3.05, 3.63) is 53.6 Å². The van der Waals surface area contributed by atoms with E-state index in [2.05, 4.69) is 42.5 Å². The lowest BCUT2D eigenvalue weighted by Crippen LogP contribution is -2.13. The maximum absolute atomic E-state index is 2.30. The van der Waals surface area contributed by atoms with Crippen LogP contribution in [0.5, 0.6) is 0 Å². The summed E-state index contributed by atoms with van der Waals surface area (Å²) in [6.45, 7) is 0. The van der Waals surface area contributed by atoms with Gasteiger partial charge in [-0.05, 0) is 41.9 Å². The van der Waals surface area contributed by atoms with Crippen LogP contribution in [0.25, 0.3) is 5.57 Å². The number of allylic oxidation sites excluding steroid dienone is 4. The van der Waals surface area contributed by atoms with Crippen LogP contribution in [0.3, 0.4) is 0 Å². The molecular weight excluding hydrogens is 168 g/mol. The first kappa shape index (κ1) is 8.05. The summed E-state index contributed by atoms with van der Waals surface area (Å²) in [7, 11) is 0. The van der Waals surface area contributed by atoms with Crippen molar-refractivity contribution in [2.24, 2.45) is 5.92 Å². The molecule has 0 N–H and O–H groups in total. The minimum Gasteiger partial charge on any atom is -0.0839 e. The van der Waals surface area contributed by atoms with Gasteiger partial charge in [-0.3, -0.25) is 0 Å². The van der Waals surface area contributed by atoms with Crippen LogP contribution in [-0.2, 0) is 6.42 Å². The molecule has 1 aromatic rings. The summed E-state index contributed by atoms with van der Waals surface area (Å²) < 4.78 is 0. The van der Waals surface area contributed by atoms with E-state index in [0.717, 1.165) is 5.92 Å². The molecule has 1 atom stereocenters. The molecule has 0 bridgehead atoms. The van der Waals surface area contributed by atoms with E-state index in [0.29, 0.717) is 0 Å². The van der Waals surface area contributed by atoms with Crippen molar-refractivity contribution in [1.82, 2.24) is 0 Å². The highest BCUT2D eigenvalue weighted by molar-refractivity contribution is 5.73. The number of fused-ring (bicyclic) bond motifs is 3. The number of aryl methyl sites for hydroxylation is 1. The number of hydrogen-bond donors (Lipinski definition) is 0. The van der Waals surface area contributed by atoms with Gasteiger partial charge in [0.1, 0.15) is 0 Å². The van der Waals surface area contributed by atoms with E-state index in [-0.39, 0.29) is 0 Å². The zero-order valence-electron chi connectivity index (χ0n) is 8.24. The Balaban J connectivity index is 2.15. The molecule has 0 heteroatoms. The molecule has 0 spiro atoms. The lowest BCUT2D eigenvalue weighted by molar-refractivity contribution is 0.593. The van der Waals surface area contributed by atoms with Gasteiger partial charge in [0.05, 0.1) is 0 Å². The third kappa shape index (κ3) is 1.14. The standard InChI is InChI=1S/C14H14/c1-3-7-13-11(5-1)9-10-12-6-2-4-8-14(12)13/h1-5,7-8,12H,6,9-10H2. The predicted octanol–water partition coefficient (Wildman–Crippen LogP) is 3.59. The van der Waals surface area contributed by atoms with Gasteiger partial charge in [-0.15, -0.1) is 0 Å². The van der Waals surface area contributed by atoms with Gasteiger partial charge in [-0.2, -0.15) is 0 Å². The van der Waals surface area contributed by atoms with Crippen LogP contribution in [0.15, 0.2) is 42.5 Å². The van der Waals surface area contributed by atoms with Crippen molar-refractivity contribution in [2.75, 3.05) is 0 Å². The Morgan fingerprint density at radius 2 is 2.07 bits per heavy atom. The number of hydrogen-bond acceptors (Lipinski definition) is 0. The molecule has 0 amide bonds. The van der Waals surface area contributed by atoms with Gasteiger partial charge in [0.15, 0.2) is 0 Å². The van der Waals surface area contributed by atoms with Crippen molar-refractivity contribution >= 4 is 5.57 Å². The molecular formula is C14H14. The van der Waals surface area contributed by atoms with Gasteiger partial charge in [0.25, 0.3) is 0 Å². The highest BCUT2D eigenvalue weighted by Gasteiger charge is 2.23. The molecule has 0 fully saturated rings. The molecule has 1 unspecified atom stereocenters. The van der Waals surface area contributed by atoms with Gasteiger partial charge >= 0.3 is 0 Å². The van der Waals surface area contributed by atoms with Gasteiger partial charge in [-0.1, -0.05) is 42.5 Å². The second-order valence-electron chi connectivity index (χ2n) is 4.18. The van der Waals surface area contributed by atoms with Crippen LogP contribution in [0, 0.1) is 5.92 Å². The van der Waals surface area contributed by atoms with Gasteiger partial charge < -0.3 is 0 Å². The van der Waals surface area contributed by atoms with Crippen LogP contribution in [-0.4, -0.2) is 0 Å². The summed E-state index contributed by atoms with van der Waals surface area (Å²) in [5, 5.41) is 0. The van der Waals surface area contributed by atoms with Crippen molar-refractivity contribution in [3.63, 3.8) is 0 Å². The smallest absolute Gasteiger partial charge is 0.0118 e. The summed E-state index contributed by atoms with van der Waals surface area (Å²) in [6.07, 6.45) is 10.6. The zero-order chi connectivity index (χ0) is 9.38. The molecule has 0 saturated carbocycles. The molecule has 70 valence electrons.